The van der Waals surface area contributed by atoms with Gasteiger partial charge in [-0.25, -0.2) is 8.91 Å². The highest BCUT2D eigenvalue weighted by Crippen LogP contribution is 2.40. The zero-order valence-electron chi connectivity index (χ0n) is 19.1. The molecule has 5 rings (SSSR count). The third-order valence-electron chi connectivity index (χ3n) is 6.77. The highest BCUT2D eigenvalue weighted by Gasteiger charge is 2.34. The van der Waals surface area contributed by atoms with Crippen molar-refractivity contribution in [2.45, 2.75) is 54.0 Å². The Morgan fingerprint density at radius 3 is 2.69 bits per heavy atom. The molecule has 35 heavy (non-hydrogen) atoms. The van der Waals surface area contributed by atoms with Gasteiger partial charge in [-0.05, 0) is 56.9 Å². The fraction of sp³-hybridized carbons (Fsp3) is 0.320. The number of hydrogen-bond acceptors (Lipinski definition) is 7. The molecule has 0 amide bonds. The molecular formula is C25H25FN6O2S. The van der Waals surface area contributed by atoms with Gasteiger partial charge in [0, 0.05) is 38.5 Å². The summed E-state index contributed by atoms with van der Waals surface area (Å²) in [5.74, 6) is -0.406. The first-order valence-electron chi connectivity index (χ1n) is 11.3. The number of benzene rings is 1. The van der Waals surface area contributed by atoms with Crippen molar-refractivity contribution in [1.82, 2.24) is 19.4 Å². The van der Waals surface area contributed by atoms with Crippen LogP contribution in [0.1, 0.15) is 43.0 Å². The molecule has 1 saturated carbocycles. The van der Waals surface area contributed by atoms with E-state index in [9.17, 15) is 19.9 Å². The van der Waals surface area contributed by atoms with Gasteiger partial charge in [0.2, 0.25) is 0 Å². The Bertz CT molecular complexity index is 1450. The zero-order chi connectivity index (χ0) is 24.7. The Kier molecular flexibility index (Phi) is 6.01. The van der Waals surface area contributed by atoms with E-state index < -0.39 is 11.4 Å². The first-order valence-corrected chi connectivity index (χ1v) is 12.2. The predicted molar refractivity (Wildman–Crippen MR) is 130 cm³/mol. The molecule has 180 valence electrons. The molecule has 8 nitrogen and oxygen atoms in total. The number of rotatable bonds is 5. The lowest BCUT2D eigenvalue weighted by atomic mass is 9.83. The molecule has 0 aliphatic heterocycles. The van der Waals surface area contributed by atoms with E-state index in [0.29, 0.717) is 34.5 Å². The fourth-order valence-corrected chi connectivity index (χ4v) is 5.78. The Balaban J connectivity index is 1.54. The van der Waals surface area contributed by atoms with Gasteiger partial charge in [-0.15, -0.1) is 0 Å². The summed E-state index contributed by atoms with van der Waals surface area (Å²) in [6.07, 6.45) is 7.73. The van der Waals surface area contributed by atoms with Crippen LogP contribution in [-0.2, 0) is 0 Å². The molecule has 3 aromatic heterocycles. The number of fused-ring (bicyclic) bond motifs is 1. The highest BCUT2D eigenvalue weighted by atomic mass is 32.2. The maximum absolute atomic E-state index is 13.6. The molecule has 1 fully saturated rings. The SMILES string of the molecule is Cc1c(-c2cc(Sc3ccc(F)cc3N)c3c(C#N)cnn3c2)cnn1[C@H]1CC[C@](O)(CO)CC1. The van der Waals surface area contributed by atoms with E-state index in [-0.39, 0.29) is 12.6 Å². The lowest BCUT2D eigenvalue weighted by molar-refractivity contribution is -0.0512. The summed E-state index contributed by atoms with van der Waals surface area (Å²) in [5.41, 5.74) is 9.25. The topological polar surface area (TPSA) is 125 Å². The molecule has 1 aliphatic rings. The standard InChI is InChI=1S/C25H25FN6O2S/c1-15-20(12-30-32(15)19-4-6-25(34,14-33)7-5-19)16-8-23(24-17(10-27)11-29-31(24)13-16)35-22-3-2-18(26)9-21(22)28/h2-3,8-9,11-13,19,33-34H,4-7,14,28H2,1H3/t19-,25+. The van der Waals surface area contributed by atoms with Crippen LogP contribution in [-0.4, -0.2) is 41.8 Å². The van der Waals surface area contributed by atoms with Gasteiger partial charge in [0.05, 0.1) is 41.7 Å². The van der Waals surface area contributed by atoms with Gasteiger partial charge in [0.1, 0.15) is 11.9 Å². The Labute approximate surface area is 205 Å². The summed E-state index contributed by atoms with van der Waals surface area (Å²) >= 11 is 1.36. The van der Waals surface area contributed by atoms with Crippen LogP contribution in [0.3, 0.4) is 0 Å². The second-order valence-electron chi connectivity index (χ2n) is 9.04. The van der Waals surface area contributed by atoms with Gasteiger partial charge in [-0.1, -0.05) is 11.8 Å². The Hall–Kier alpha value is -3.39. The maximum Gasteiger partial charge on any atom is 0.125 e. The lowest BCUT2D eigenvalue weighted by Crippen LogP contribution is -2.38. The van der Waals surface area contributed by atoms with E-state index in [2.05, 4.69) is 16.3 Å². The number of pyridine rings is 1. The van der Waals surface area contributed by atoms with Gasteiger partial charge in [0.25, 0.3) is 0 Å². The third kappa shape index (κ3) is 4.27. The number of aromatic nitrogens is 4. The summed E-state index contributed by atoms with van der Waals surface area (Å²) in [4.78, 5) is 1.45. The van der Waals surface area contributed by atoms with E-state index in [4.69, 9.17) is 5.73 Å². The molecule has 0 radical (unpaired) electrons. The van der Waals surface area contributed by atoms with Crippen LogP contribution in [0.15, 0.2) is 52.6 Å². The average molecular weight is 493 g/mol. The van der Waals surface area contributed by atoms with E-state index in [1.807, 2.05) is 30.1 Å². The van der Waals surface area contributed by atoms with Crippen LogP contribution >= 0.6 is 11.8 Å². The molecule has 0 bridgehead atoms. The van der Waals surface area contributed by atoms with Crippen LogP contribution in [0, 0.1) is 24.1 Å². The van der Waals surface area contributed by atoms with Gasteiger partial charge in [-0.3, -0.25) is 4.68 Å². The number of aliphatic hydroxyl groups excluding tert-OH is 1. The van der Waals surface area contributed by atoms with Gasteiger partial charge < -0.3 is 15.9 Å². The van der Waals surface area contributed by atoms with Crippen molar-refractivity contribution in [2.75, 3.05) is 12.3 Å². The normalized spacial score (nSPS) is 20.3. The molecule has 4 N–H and O–H groups in total. The van der Waals surface area contributed by atoms with Gasteiger partial charge in [-0.2, -0.15) is 15.5 Å². The molecule has 3 heterocycles. The third-order valence-corrected chi connectivity index (χ3v) is 7.89. The first-order chi connectivity index (χ1) is 16.8. The quantitative estimate of drug-likeness (QED) is 0.358. The van der Waals surface area contributed by atoms with Gasteiger partial charge >= 0.3 is 0 Å². The van der Waals surface area contributed by atoms with Crippen molar-refractivity contribution in [1.29, 1.82) is 5.26 Å². The smallest absolute Gasteiger partial charge is 0.125 e. The molecule has 0 atom stereocenters. The van der Waals surface area contributed by atoms with E-state index >= 15 is 0 Å². The molecular weight excluding hydrogens is 467 g/mol. The molecule has 0 spiro atoms. The molecule has 10 heteroatoms. The summed E-state index contributed by atoms with van der Waals surface area (Å²) in [6, 6.07) is 8.57. The molecule has 0 unspecified atom stereocenters. The Morgan fingerprint density at radius 1 is 1.23 bits per heavy atom. The van der Waals surface area contributed by atoms with Crippen LogP contribution < -0.4 is 5.73 Å². The van der Waals surface area contributed by atoms with Crippen molar-refractivity contribution in [3.63, 3.8) is 0 Å². The summed E-state index contributed by atoms with van der Waals surface area (Å²) in [6.45, 7) is 1.78. The van der Waals surface area contributed by atoms with Crippen molar-refractivity contribution in [3.05, 3.63) is 59.9 Å². The summed E-state index contributed by atoms with van der Waals surface area (Å²) in [7, 11) is 0. The second kappa shape index (κ2) is 9.00. The van der Waals surface area contributed by atoms with Crippen molar-refractivity contribution in [3.8, 4) is 17.2 Å². The van der Waals surface area contributed by atoms with E-state index in [1.165, 1.54) is 30.1 Å². The van der Waals surface area contributed by atoms with Crippen molar-refractivity contribution >= 4 is 23.0 Å². The molecule has 1 aromatic carbocycles. The monoisotopic (exact) mass is 492 g/mol. The predicted octanol–water partition coefficient (Wildman–Crippen LogP) is 4.09. The van der Waals surface area contributed by atoms with Gasteiger partial charge in [0.15, 0.2) is 0 Å². The number of aliphatic hydroxyl groups is 2. The first kappa shape index (κ1) is 23.4. The average Bonchev–Trinajstić information content (AvgIpc) is 3.44. The number of hydrogen-bond donors (Lipinski definition) is 3. The lowest BCUT2D eigenvalue weighted by Gasteiger charge is -2.35. The van der Waals surface area contributed by atoms with Crippen LogP contribution in [0.25, 0.3) is 16.6 Å². The number of anilines is 1. The number of nitrogen functional groups attached to an aromatic ring is 1. The second-order valence-corrected chi connectivity index (χ2v) is 10.1. The summed E-state index contributed by atoms with van der Waals surface area (Å²) < 4.78 is 17.2. The van der Waals surface area contributed by atoms with Crippen LogP contribution in [0.4, 0.5) is 10.1 Å². The highest BCUT2D eigenvalue weighted by molar-refractivity contribution is 7.99. The molecule has 0 saturated heterocycles. The molecule has 1 aliphatic carbocycles. The van der Waals surface area contributed by atoms with E-state index in [1.54, 1.807) is 10.6 Å². The van der Waals surface area contributed by atoms with Crippen LogP contribution in [0.2, 0.25) is 0 Å². The largest absolute Gasteiger partial charge is 0.398 e. The number of nitrogens with zero attached hydrogens (tertiary/aromatic N) is 5. The Morgan fingerprint density at radius 2 is 2.00 bits per heavy atom. The number of nitriles is 1. The van der Waals surface area contributed by atoms with E-state index in [0.717, 1.165) is 34.6 Å². The minimum absolute atomic E-state index is 0.141. The minimum Gasteiger partial charge on any atom is -0.398 e. The number of nitrogens with two attached hydrogens (primary N) is 1. The van der Waals surface area contributed by atoms with Crippen molar-refractivity contribution in [2.24, 2.45) is 0 Å². The zero-order valence-corrected chi connectivity index (χ0v) is 20.0. The summed E-state index contributed by atoms with van der Waals surface area (Å²) in [5, 5.41) is 38.4. The molecule has 4 aromatic rings. The number of halogens is 1. The van der Waals surface area contributed by atoms with Crippen LogP contribution in [0.5, 0.6) is 0 Å². The minimum atomic E-state index is -1.00. The van der Waals surface area contributed by atoms with Crippen molar-refractivity contribution < 1.29 is 14.6 Å². The maximum atomic E-state index is 13.6. The fourth-order valence-electron chi connectivity index (χ4n) is 4.74.